The van der Waals surface area contributed by atoms with E-state index >= 15 is 0 Å². The average Bonchev–Trinajstić information content (AvgIpc) is 3.21. The van der Waals surface area contributed by atoms with Crippen LogP contribution < -0.4 is 0 Å². The molecule has 3 heterocycles. The summed E-state index contributed by atoms with van der Waals surface area (Å²) in [6, 6.07) is 10.6. The number of fused-ring (bicyclic) bond motifs is 4. The predicted octanol–water partition coefficient (Wildman–Crippen LogP) is 2.75. The first-order valence-corrected chi connectivity index (χ1v) is 7.56. The molecule has 4 heteroatoms. The van der Waals surface area contributed by atoms with Crippen molar-refractivity contribution < 1.29 is 5.11 Å². The van der Waals surface area contributed by atoms with Crippen LogP contribution in [0.25, 0.3) is 11.3 Å². The number of benzene rings is 1. The van der Waals surface area contributed by atoms with Gasteiger partial charge in [-0.1, -0.05) is 24.3 Å². The standard InChI is InChI=1S/C18H15N3O/c22-18-14(7-11-5-6-19-8-15(11)18)17-13-4-2-1-3-12(13)16-9-20-10-21(16)17/h1-6,8-10,14,17-18,22H,7H2/t14-,17-,18-/m0/s1. The number of nitrogens with zero attached hydrogens (tertiary/aromatic N) is 3. The van der Waals surface area contributed by atoms with Crippen LogP contribution in [0.1, 0.15) is 28.8 Å². The monoisotopic (exact) mass is 289 g/mol. The molecule has 3 aromatic rings. The lowest BCUT2D eigenvalue weighted by atomic mass is 9.88. The third-order valence-electron chi connectivity index (χ3n) is 5.05. The fourth-order valence-electron chi connectivity index (χ4n) is 4.08. The van der Waals surface area contributed by atoms with Crippen LogP contribution in [0.5, 0.6) is 0 Å². The van der Waals surface area contributed by atoms with E-state index in [-0.39, 0.29) is 12.0 Å². The molecule has 22 heavy (non-hydrogen) atoms. The van der Waals surface area contributed by atoms with Crippen LogP contribution in [0.4, 0.5) is 0 Å². The van der Waals surface area contributed by atoms with E-state index in [1.54, 1.807) is 12.4 Å². The quantitative estimate of drug-likeness (QED) is 0.749. The summed E-state index contributed by atoms with van der Waals surface area (Å²) in [7, 11) is 0. The zero-order chi connectivity index (χ0) is 14.7. The van der Waals surface area contributed by atoms with Gasteiger partial charge in [0.15, 0.2) is 0 Å². The maximum Gasteiger partial charge on any atom is 0.0956 e. The number of imidazole rings is 1. The van der Waals surface area contributed by atoms with E-state index in [0.29, 0.717) is 0 Å². The van der Waals surface area contributed by atoms with Gasteiger partial charge in [-0.15, -0.1) is 0 Å². The van der Waals surface area contributed by atoms with Gasteiger partial charge in [-0.25, -0.2) is 4.98 Å². The van der Waals surface area contributed by atoms with Crippen molar-refractivity contribution in [3.63, 3.8) is 0 Å². The maximum absolute atomic E-state index is 10.8. The molecule has 0 bridgehead atoms. The Morgan fingerprint density at radius 1 is 1.05 bits per heavy atom. The minimum atomic E-state index is -0.477. The average molecular weight is 289 g/mol. The molecule has 5 rings (SSSR count). The van der Waals surface area contributed by atoms with E-state index in [1.807, 2.05) is 18.6 Å². The Bertz CT molecular complexity index is 870. The van der Waals surface area contributed by atoms with Gasteiger partial charge in [0.25, 0.3) is 0 Å². The van der Waals surface area contributed by atoms with Gasteiger partial charge in [0.1, 0.15) is 0 Å². The number of pyridine rings is 1. The highest BCUT2D eigenvalue weighted by Gasteiger charge is 2.42. The molecule has 0 unspecified atom stereocenters. The van der Waals surface area contributed by atoms with Crippen LogP contribution >= 0.6 is 0 Å². The van der Waals surface area contributed by atoms with Gasteiger partial charge < -0.3 is 9.67 Å². The van der Waals surface area contributed by atoms with Crippen LogP contribution in [0.2, 0.25) is 0 Å². The van der Waals surface area contributed by atoms with Crippen molar-refractivity contribution in [3.05, 3.63) is 71.9 Å². The molecular weight excluding hydrogens is 274 g/mol. The van der Waals surface area contributed by atoms with E-state index in [1.165, 1.54) is 16.7 Å². The molecule has 0 fully saturated rings. The number of aliphatic hydroxyl groups is 1. The molecule has 1 aliphatic heterocycles. The van der Waals surface area contributed by atoms with Crippen LogP contribution in [-0.4, -0.2) is 19.6 Å². The third kappa shape index (κ3) is 1.45. The van der Waals surface area contributed by atoms with Crippen molar-refractivity contribution in [2.75, 3.05) is 0 Å². The Morgan fingerprint density at radius 3 is 2.86 bits per heavy atom. The van der Waals surface area contributed by atoms with Gasteiger partial charge in [-0.3, -0.25) is 4.98 Å². The van der Waals surface area contributed by atoms with Gasteiger partial charge in [-0.05, 0) is 23.6 Å². The Kier molecular flexibility index (Phi) is 2.35. The number of aromatic nitrogens is 3. The molecule has 0 saturated heterocycles. The third-order valence-corrected chi connectivity index (χ3v) is 5.05. The topological polar surface area (TPSA) is 50.9 Å². The molecule has 1 N–H and O–H groups in total. The van der Waals surface area contributed by atoms with Crippen molar-refractivity contribution >= 4 is 0 Å². The normalized spacial score (nSPS) is 24.9. The number of hydrogen-bond acceptors (Lipinski definition) is 3. The molecule has 3 atom stereocenters. The van der Waals surface area contributed by atoms with E-state index in [4.69, 9.17) is 0 Å². The van der Waals surface area contributed by atoms with Crippen molar-refractivity contribution in [2.24, 2.45) is 5.92 Å². The molecular formula is C18H15N3O. The summed E-state index contributed by atoms with van der Waals surface area (Å²) in [5.41, 5.74) is 5.83. The Hall–Kier alpha value is -2.46. The number of hydrogen-bond donors (Lipinski definition) is 1. The molecule has 0 saturated carbocycles. The summed E-state index contributed by atoms with van der Waals surface area (Å²) < 4.78 is 2.21. The van der Waals surface area contributed by atoms with Crippen LogP contribution in [-0.2, 0) is 6.42 Å². The molecule has 0 spiro atoms. The minimum absolute atomic E-state index is 0.121. The van der Waals surface area contributed by atoms with Crippen molar-refractivity contribution in [1.29, 1.82) is 0 Å². The molecule has 1 aromatic carbocycles. The molecule has 0 amide bonds. The molecule has 2 aromatic heterocycles. The SMILES string of the molecule is O[C@@H]1c2cnccc2C[C@H]1[C@@H]1c2ccccc2-c2cncn21. The van der Waals surface area contributed by atoms with E-state index in [0.717, 1.165) is 17.7 Å². The maximum atomic E-state index is 10.8. The summed E-state index contributed by atoms with van der Waals surface area (Å²) in [6.07, 6.45) is 7.79. The van der Waals surface area contributed by atoms with Crippen molar-refractivity contribution in [2.45, 2.75) is 18.6 Å². The van der Waals surface area contributed by atoms with Gasteiger partial charge in [0.2, 0.25) is 0 Å². The number of aliphatic hydroxyl groups excluding tert-OH is 1. The first-order valence-electron chi connectivity index (χ1n) is 7.56. The Morgan fingerprint density at radius 2 is 1.95 bits per heavy atom. The second-order valence-corrected chi connectivity index (χ2v) is 6.11. The lowest BCUT2D eigenvalue weighted by molar-refractivity contribution is 0.101. The number of rotatable bonds is 1. The highest BCUT2D eigenvalue weighted by molar-refractivity contribution is 5.69. The fraction of sp³-hybridized carbons (Fsp3) is 0.222. The van der Waals surface area contributed by atoms with Gasteiger partial charge in [0, 0.05) is 29.4 Å². The predicted molar refractivity (Wildman–Crippen MR) is 82.2 cm³/mol. The van der Waals surface area contributed by atoms with E-state index in [9.17, 15) is 5.11 Å². The summed E-state index contributed by atoms with van der Waals surface area (Å²) in [5, 5.41) is 10.8. The minimum Gasteiger partial charge on any atom is -0.388 e. The Balaban J connectivity index is 1.66. The largest absolute Gasteiger partial charge is 0.388 e. The van der Waals surface area contributed by atoms with E-state index < -0.39 is 6.10 Å². The van der Waals surface area contributed by atoms with Gasteiger partial charge in [0.05, 0.1) is 30.4 Å². The van der Waals surface area contributed by atoms with Gasteiger partial charge >= 0.3 is 0 Å². The van der Waals surface area contributed by atoms with Crippen LogP contribution in [0.3, 0.4) is 0 Å². The summed E-state index contributed by atoms with van der Waals surface area (Å²) in [4.78, 5) is 8.47. The highest BCUT2D eigenvalue weighted by Crippen LogP contribution is 2.50. The first-order chi connectivity index (χ1) is 10.8. The van der Waals surface area contributed by atoms with Crippen LogP contribution in [0, 0.1) is 5.92 Å². The lowest BCUT2D eigenvalue weighted by Crippen LogP contribution is -2.21. The van der Waals surface area contributed by atoms with Crippen molar-refractivity contribution in [1.82, 2.24) is 14.5 Å². The lowest BCUT2D eigenvalue weighted by Gasteiger charge is -2.25. The summed E-state index contributed by atoms with van der Waals surface area (Å²) in [5.74, 6) is 0.121. The molecule has 1 aliphatic carbocycles. The van der Waals surface area contributed by atoms with Crippen molar-refractivity contribution in [3.8, 4) is 11.3 Å². The second kappa shape index (κ2) is 4.27. The van der Waals surface area contributed by atoms with Crippen LogP contribution in [0.15, 0.2) is 55.2 Å². The zero-order valence-corrected chi connectivity index (χ0v) is 11.9. The molecule has 2 aliphatic rings. The second-order valence-electron chi connectivity index (χ2n) is 6.11. The molecule has 0 radical (unpaired) electrons. The highest BCUT2D eigenvalue weighted by atomic mass is 16.3. The smallest absolute Gasteiger partial charge is 0.0956 e. The molecule has 108 valence electrons. The molecule has 4 nitrogen and oxygen atoms in total. The summed E-state index contributed by atoms with van der Waals surface area (Å²) in [6.45, 7) is 0. The first kappa shape index (κ1) is 12.1. The Labute approximate surface area is 128 Å². The summed E-state index contributed by atoms with van der Waals surface area (Å²) >= 11 is 0. The van der Waals surface area contributed by atoms with Gasteiger partial charge in [-0.2, -0.15) is 0 Å². The fourth-order valence-corrected chi connectivity index (χ4v) is 4.08. The van der Waals surface area contributed by atoms with E-state index in [2.05, 4.69) is 38.8 Å². The zero-order valence-electron chi connectivity index (χ0n) is 11.9.